The van der Waals surface area contributed by atoms with E-state index in [1.807, 2.05) is 45.0 Å². The normalized spacial score (nSPS) is 16.0. The fourth-order valence-electron chi connectivity index (χ4n) is 2.96. The van der Waals surface area contributed by atoms with Crippen LogP contribution >= 0.6 is 0 Å². The van der Waals surface area contributed by atoms with Crippen molar-refractivity contribution in [2.75, 3.05) is 13.2 Å². The Balaban J connectivity index is 2.23. The van der Waals surface area contributed by atoms with Crippen LogP contribution < -0.4 is 10.1 Å². The zero-order valence-electron chi connectivity index (χ0n) is 17.2. The molecular weight excluding hydrogens is 352 g/mol. The van der Waals surface area contributed by atoms with Crippen molar-refractivity contribution in [2.24, 2.45) is 5.92 Å². The number of carbonyl (C=O) groups is 1. The molecule has 1 heterocycles. The lowest BCUT2D eigenvalue weighted by molar-refractivity contribution is -0.123. The van der Waals surface area contributed by atoms with E-state index in [0.29, 0.717) is 24.5 Å². The first kappa shape index (κ1) is 21.7. The summed E-state index contributed by atoms with van der Waals surface area (Å²) in [5.41, 5.74) is 3.19. The van der Waals surface area contributed by atoms with E-state index in [9.17, 15) is 10.1 Å². The molecule has 0 saturated carbocycles. The van der Waals surface area contributed by atoms with Crippen molar-refractivity contribution >= 4 is 11.5 Å². The monoisotopic (exact) mass is 382 g/mol. The molecule has 2 rings (SSSR count). The number of ether oxygens (including phenoxy) is 2. The number of nitrogens with one attached hydrogen (secondary N) is 1. The fraction of sp³-hybridized carbons (Fsp3) is 0.478. The molecule has 1 N–H and O–H groups in total. The molecule has 28 heavy (non-hydrogen) atoms. The van der Waals surface area contributed by atoms with E-state index in [0.717, 1.165) is 36.1 Å². The van der Waals surface area contributed by atoms with Crippen LogP contribution in [0.15, 0.2) is 36.0 Å². The Hall–Kier alpha value is -2.58. The number of amides is 1. The Labute approximate surface area is 168 Å². The first-order chi connectivity index (χ1) is 13.4. The van der Waals surface area contributed by atoms with Crippen molar-refractivity contribution in [3.63, 3.8) is 0 Å². The molecule has 0 radical (unpaired) electrons. The maximum absolute atomic E-state index is 11.9. The van der Waals surface area contributed by atoms with Crippen LogP contribution in [0.1, 0.15) is 58.1 Å². The standard InChI is InChI=1S/C23H30N2O3/c1-5-6-18(13-17(4)25-23(26)16(2)3)19-7-8-22(20(14-19)15-24)28-21-9-11-27-12-10-21/h6-8,13-14,16,21H,5,9-12H2,1-4H3,(H,25,26)/b17-13+,18-6+. The number of nitrogens with zero attached hydrogens (tertiary/aromatic N) is 1. The summed E-state index contributed by atoms with van der Waals surface area (Å²) in [5.74, 6) is 0.527. The molecule has 150 valence electrons. The van der Waals surface area contributed by atoms with Crippen molar-refractivity contribution in [3.8, 4) is 11.8 Å². The number of nitriles is 1. The third kappa shape index (κ3) is 6.24. The Morgan fingerprint density at radius 2 is 2.11 bits per heavy atom. The van der Waals surface area contributed by atoms with Gasteiger partial charge in [-0.2, -0.15) is 5.26 Å². The summed E-state index contributed by atoms with van der Waals surface area (Å²) >= 11 is 0. The van der Waals surface area contributed by atoms with Gasteiger partial charge >= 0.3 is 0 Å². The van der Waals surface area contributed by atoms with Crippen molar-refractivity contribution in [1.29, 1.82) is 5.26 Å². The van der Waals surface area contributed by atoms with E-state index in [-0.39, 0.29) is 17.9 Å². The van der Waals surface area contributed by atoms with Crippen LogP contribution in [0.4, 0.5) is 0 Å². The van der Waals surface area contributed by atoms with Crippen molar-refractivity contribution < 1.29 is 14.3 Å². The van der Waals surface area contributed by atoms with Crippen molar-refractivity contribution in [1.82, 2.24) is 5.32 Å². The summed E-state index contributed by atoms with van der Waals surface area (Å²) in [6.45, 7) is 9.05. The van der Waals surface area contributed by atoms with Gasteiger partial charge in [0, 0.05) is 24.5 Å². The minimum Gasteiger partial charge on any atom is -0.489 e. The van der Waals surface area contributed by atoms with Gasteiger partial charge in [0.2, 0.25) is 5.91 Å². The van der Waals surface area contributed by atoms with Crippen molar-refractivity contribution in [3.05, 3.63) is 47.2 Å². The Kier molecular flexibility index (Phi) is 8.28. The highest BCUT2D eigenvalue weighted by atomic mass is 16.5. The Bertz CT molecular complexity index is 782. The van der Waals surface area contributed by atoms with E-state index in [4.69, 9.17) is 9.47 Å². The first-order valence-corrected chi connectivity index (χ1v) is 9.92. The quantitative estimate of drug-likeness (QED) is 0.701. The molecule has 5 heteroatoms. The predicted octanol–water partition coefficient (Wildman–Crippen LogP) is 4.59. The second-order valence-electron chi connectivity index (χ2n) is 7.29. The molecule has 0 unspecified atom stereocenters. The second-order valence-corrected chi connectivity index (χ2v) is 7.29. The van der Waals surface area contributed by atoms with Gasteiger partial charge in [-0.25, -0.2) is 0 Å². The number of benzene rings is 1. The van der Waals surface area contributed by atoms with Crippen LogP contribution in [0, 0.1) is 17.2 Å². The number of carbonyl (C=O) groups excluding carboxylic acids is 1. The molecule has 1 aliphatic rings. The number of hydrogen-bond donors (Lipinski definition) is 1. The summed E-state index contributed by atoms with van der Waals surface area (Å²) < 4.78 is 11.4. The van der Waals surface area contributed by atoms with Gasteiger partial charge in [-0.15, -0.1) is 0 Å². The van der Waals surface area contributed by atoms with Gasteiger partial charge in [0.25, 0.3) is 0 Å². The molecule has 1 aliphatic heterocycles. The summed E-state index contributed by atoms with van der Waals surface area (Å²) in [7, 11) is 0. The summed E-state index contributed by atoms with van der Waals surface area (Å²) in [6, 6.07) is 7.93. The molecule has 5 nitrogen and oxygen atoms in total. The molecule has 0 aliphatic carbocycles. The van der Waals surface area contributed by atoms with Crippen molar-refractivity contribution in [2.45, 2.75) is 53.1 Å². The zero-order valence-corrected chi connectivity index (χ0v) is 17.2. The summed E-state index contributed by atoms with van der Waals surface area (Å²) in [5, 5.41) is 12.5. The summed E-state index contributed by atoms with van der Waals surface area (Å²) in [4.78, 5) is 11.9. The highest BCUT2D eigenvalue weighted by Crippen LogP contribution is 2.27. The largest absolute Gasteiger partial charge is 0.489 e. The number of rotatable bonds is 7. The smallest absolute Gasteiger partial charge is 0.226 e. The SMILES string of the molecule is CC/C=C(\C=C(/C)NC(=O)C(C)C)c1ccc(OC2CCOCC2)c(C#N)c1. The van der Waals surface area contributed by atoms with Crippen LogP contribution in [0.5, 0.6) is 5.75 Å². The number of hydrogen-bond acceptors (Lipinski definition) is 4. The van der Waals surface area contributed by atoms with Crippen LogP contribution in [0.3, 0.4) is 0 Å². The summed E-state index contributed by atoms with van der Waals surface area (Å²) in [6.07, 6.45) is 6.64. The van der Waals surface area contributed by atoms with Gasteiger partial charge in [-0.05, 0) is 42.7 Å². The lowest BCUT2D eigenvalue weighted by Gasteiger charge is -2.24. The van der Waals surface area contributed by atoms with Gasteiger partial charge in [0.05, 0.1) is 18.8 Å². The van der Waals surface area contributed by atoms with Gasteiger partial charge < -0.3 is 14.8 Å². The van der Waals surface area contributed by atoms with E-state index in [2.05, 4.69) is 24.4 Å². The molecule has 1 aromatic carbocycles. The van der Waals surface area contributed by atoms with Gasteiger partial charge in [0.15, 0.2) is 0 Å². The molecule has 0 atom stereocenters. The molecular formula is C23H30N2O3. The van der Waals surface area contributed by atoms with Crippen LogP contribution in [-0.4, -0.2) is 25.2 Å². The molecule has 0 spiro atoms. The molecule has 1 amide bonds. The molecule has 0 bridgehead atoms. The molecule has 1 fully saturated rings. The molecule has 0 aromatic heterocycles. The highest BCUT2D eigenvalue weighted by Gasteiger charge is 2.17. The fourth-order valence-corrected chi connectivity index (χ4v) is 2.96. The highest BCUT2D eigenvalue weighted by molar-refractivity contribution is 5.81. The van der Waals surface area contributed by atoms with Crippen LogP contribution in [0.2, 0.25) is 0 Å². The van der Waals surface area contributed by atoms with Gasteiger partial charge in [-0.3, -0.25) is 4.79 Å². The van der Waals surface area contributed by atoms with Crippen LogP contribution in [0.25, 0.3) is 5.57 Å². The van der Waals surface area contributed by atoms with Crippen LogP contribution in [-0.2, 0) is 9.53 Å². The van der Waals surface area contributed by atoms with E-state index >= 15 is 0 Å². The van der Waals surface area contributed by atoms with E-state index in [1.54, 1.807) is 0 Å². The minimum absolute atomic E-state index is 0.0116. The third-order valence-electron chi connectivity index (χ3n) is 4.54. The van der Waals surface area contributed by atoms with Gasteiger partial charge in [0.1, 0.15) is 17.9 Å². The first-order valence-electron chi connectivity index (χ1n) is 9.92. The Morgan fingerprint density at radius 3 is 2.71 bits per heavy atom. The van der Waals surface area contributed by atoms with Gasteiger partial charge in [-0.1, -0.05) is 32.9 Å². The average molecular weight is 383 g/mol. The lowest BCUT2D eigenvalue weighted by atomic mass is 10.0. The zero-order chi connectivity index (χ0) is 20.5. The predicted molar refractivity (Wildman–Crippen MR) is 111 cm³/mol. The second kappa shape index (κ2) is 10.7. The lowest BCUT2D eigenvalue weighted by Crippen LogP contribution is -2.26. The van der Waals surface area contributed by atoms with E-state index < -0.39 is 0 Å². The third-order valence-corrected chi connectivity index (χ3v) is 4.54. The average Bonchev–Trinajstić information content (AvgIpc) is 2.68. The maximum Gasteiger partial charge on any atom is 0.226 e. The minimum atomic E-state index is -0.0752. The maximum atomic E-state index is 11.9. The topological polar surface area (TPSA) is 71.3 Å². The molecule has 1 saturated heterocycles. The molecule has 1 aromatic rings. The number of allylic oxidation sites excluding steroid dienone is 4. The Morgan fingerprint density at radius 1 is 1.39 bits per heavy atom. The van der Waals surface area contributed by atoms with E-state index in [1.165, 1.54) is 0 Å².